The van der Waals surface area contributed by atoms with Crippen LogP contribution in [0, 0.1) is 5.41 Å². The molecule has 2 aliphatic carbocycles. The number of anilines is 2. The molecule has 1 heterocycles. The second-order valence-electron chi connectivity index (χ2n) is 12.2. The highest BCUT2D eigenvalue weighted by Gasteiger charge is 2.45. The summed E-state index contributed by atoms with van der Waals surface area (Å²) in [6.07, 6.45) is 1.55. The number of phenols is 1. The summed E-state index contributed by atoms with van der Waals surface area (Å²) in [5.74, 6) is -0.661. The minimum atomic E-state index is -1.58. The Hall–Kier alpha value is -3.67. The Balaban J connectivity index is 0.00000213. The third-order valence-corrected chi connectivity index (χ3v) is 10.4. The van der Waals surface area contributed by atoms with Crippen LogP contribution in [0.1, 0.15) is 71.4 Å². The van der Waals surface area contributed by atoms with Crippen molar-refractivity contribution >= 4 is 67.5 Å². The maximum atomic E-state index is 14.2. The number of rotatable bonds is 7. The SMILES string of the molecule is CC.CC1(C)CC(=O)C2=C(C1)Nc1c(O)cccc1N(C(=O)CC(=O)NS(=O)C1CC1)C2c1ccc(Oc2ccccc2Br)cc1Cl. The summed E-state index contributed by atoms with van der Waals surface area (Å²) in [7, 11) is -1.58. The number of ketones is 1. The van der Waals surface area contributed by atoms with Gasteiger partial charge >= 0.3 is 0 Å². The molecule has 3 aliphatic rings. The number of fused-ring (bicyclic) bond motifs is 1. The molecule has 2 amide bonds. The van der Waals surface area contributed by atoms with E-state index in [9.17, 15) is 23.7 Å². The first kappa shape index (κ1) is 34.7. The van der Waals surface area contributed by atoms with Gasteiger partial charge in [-0.05, 0) is 82.6 Å². The van der Waals surface area contributed by atoms with Crippen molar-refractivity contribution in [3.05, 3.63) is 87.0 Å². The van der Waals surface area contributed by atoms with Gasteiger partial charge in [0.05, 0.1) is 21.5 Å². The number of hydrogen-bond donors (Lipinski definition) is 3. The number of para-hydroxylation sites is 2. The number of allylic oxidation sites excluding steroid dienone is 1. The first-order valence-corrected chi connectivity index (χ1v) is 17.9. The lowest BCUT2D eigenvalue weighted by Crippen LogP contribution is -2.42. The van der Waals surface area contributed by atoms with Crippen LogP contribution in [-0.2, 0) is 25.4 Å². The van der Waals surface area contributed by atoms with Gasteiger partial charge < -0.3 is 15.2 Å². The van der Waals surface area contributed by atoms with Gasteiger partial charge in [-0.25, -0.2) is 4.21 Å². The van der Waals surface area contributed by atoms with Crippen molar-refractivity contribution < 1.29 is 28.4 Å². The van der Waals surface area contributed by atoms with Crippen molar-refractivity contribution in [2.75, 3.05) is 10.2 Å². The lowest BCUT2D eigenvalue weighted by molar-refractivity contribution is -0.127. The number of aromatic hydroxyl groups is 1. The van der Waals surface area contributed by atoms with Crippen molar-refractivity contribution in [1.82, 2.24) is 4.72 Å². The van der Waals surface area contributed by atoms with E-state index in [-0.39, 0.29) is 39.6 Å². The highest BCUT2D eigenvalue weighted by molar-refractivity contribution is 9.10. The minimum absolute atomic E-state index is 0.108. The highest BCUT2D eigenvalue weighted by atomic mass is 79.9. The van der Waals surface area contributed by atoms with E-state index in [1.807, 2.05) is 45.9 Å². The molecule has 2 atom stereocenters. The lowest BCUT2D eigenvalue weighted by Gasteiger charge is -2.37. The van der Waals surface area contributed by atoms with E-state index in [4.69, 9.17) is 16.3 Å². The van der Waals surface area contributed by atoms with Crippen LogP contribution in [0.15, 0.2) is 76.4 Å². The van der Waals surface area contributed by atoms with E-state index in [0.29, 0.717) is 34.8 Å². The Morgan fingerprint density at radius 2 is 1.83 bits per heavy atom. The van der Waals surface area contributed by atoms with Crippen LogP contribution in [-0.4, -0.2) is 32.2 Å². The van der Waals surface area contributed by atoms with E-state index >= 15 is 0 Å². The van der Waals surface area contributed by atoms with Crippen LogP contribution in [0.25, 0.3) is 0 Å². The maximum Gasteiger partial charge on any atom is 0.241 e. The molecular formula is C35H37BrClN3O6S. The zero-order valence-electron chi connectivity index (χ0n) is 26.6. The molecular weight excluding hydrogens is 706 g/mol. The van der Waals surface area contributed by atoms with Crippen molar-refractivity contribution in [2.45, 2.75) is 71.1 Å². The molecule has 47 heavy (non-hydrogen) atoms. The normalized spacial score (nSPS) is 18.8. The molecule has 3 aromatic rings. The quantitative estimate of drug-likeness (QED) is 0.165. The summed E-state index contributed by atoms with van der Waals surface area (Å²) in [6.45, 7) is 7.96. The lowest BCUT2D eigenvalue weighted by atomic mass is 9.73. The fraction of sp³-hybridized carbons (Fsp3) is 0.343. The number of nitrogens with one attached hydrogen (secondary N) is 2. The third kappa shape index (κ3) is 7.58. The molecule has 0 radical (unpaired) electrons. The average molecular weight is 743 g/mol. The minimum Gasteiger partial charge on any atom is -0.506 e. The summed E-state index contributed by atoms with van der Waals surface area (Å²) in [4.78, 5) is 42.5. The number of benzene rings is 3. The van der Waals surface area contributed by atoms with Crippen LogP contribution in [0.5, 0.6) is 17.2 Å². The number of hydrogen-bond acceptors (Lipinski definition) is 7. The van der Waals surface area contributed by atoms with Crippen LogP contribution < -0.4 is 19.7 Å². The number of amides is 2. The standard InChI is InChI=1S/C33H31BrClN3O6S.C2H6/c1-33(2)16-23-30(26(40)17-33)32(20-13-10-18(14-22(20)35)44-27-9-4-3-6-21(27)34)38(24-7-5-8-25(39)31(24)36-23)29(42)15-28(41)37-45(43)19-11-12-19;1-2/h3-10,13-14,19,32,36,39H,11-12,15-17H2,1-2H3,(H,37,41);1-2H3. The Labute approximate surface area is 290 Å². The number of phenolic OH excluding ortho intramolecular Hbond substituents is 1. The number of nitrogens with zero attached hydrogens (tertiary/aromatic N) is 1. The predicted molar refractivity (Wildman–Crippen MR) is 188 cm³/mol. The summed E-state index contributed by atoms with van der Waals surface area (Å²) < 4.78 is 21.6. The summed E-state index contributed by atoms with van der Waals surface area (Å²) >= 11 is 10.4. The molecule has 0 saturated heterocycles. The van der Waals surface area contributed by atoms with E-state index in [0.717, 1.165) is 17.3 Å². The highest BCUT2D eigenvalue weighted by Crippen LogP contribution is 2.51. The summed E-state index contributed by atoms with van der Waals surface area (Å²) in [6, 6.07) is 16.0. The molecule has 1 saturated carbocycles. The number of halogens is 2. The molecule has 248 valence electrons. The Bertz CT molecular complexity index is 1790. The fourth-order valence-electron chi connectivity index (χ4n) is 5.80. The van der Waals surface area contributed by atoms with Crippen molar-refractivity contribution in [3.8, 4) is 17.2 Å². The van der Waals surface area contributed by atoms with Crippen LogP contribution >= 0.6 is 27.5 Å². The van der Waals surface area contributed by atoms with Crippen molar-refractivity contribution in [3.63, 3.8) is 0 Å². The average Bonchev–Trinajstić information content (AvgIpc) is 3.86. The number of carbonyl (C=O) groups is 3. The van der Waals surface area contributed by atoms with Crippen LogP contribution in [0.2, 0.25) is 5.02 Å². The van der Waals surface area contributed by atoms with Gasteiger partial charge in [0.25, 0.3) is 0 Å². The van der Waals surface area contributed by atoms with Crippen molar-refractivity contribution in [1.29, 1.82) is 0 Å². The van der Waals surface area contributed by atoms with Gasteiger partial charge in [0.2, 0.25) is 11.8 Å². The third-order valence-electron chi connectivity index (χ3n) is 7.96. The first-order valence-electron chi connectivity index (χ1n) is 15.5. The number of ether oxygens (including phenoxy) is 1. The van der Waals surface area contributed by atoms with Gasteiger partial charge in [0.1, 0.15) is 40.3 Å². The largest absolute Gasteiger partial charge is 0.506 e. The Morgan fingerprint density at radius 3 is 2.51 bits per heavy atom. The topological polar surface area (TPSA) is 125 Å². The van der Waals surface area contributed by atoms with Crippen LogP contribution in [0.3, 0.4) is 0 Å². The van der Waals surface area contributed by atoms with E-state index in [2.05, 4.69) is 26.0 Å². The van der Waals surface area contributed by atoms with Gasteiger partial charge in [-0.2, -0.15) is 0 Å². The first-order chi connectivity index (χ1) is 22.4. The molecule has 0 bridgehead atoms. The van der Waals surface area contributed by atoms with Gasteiger partial charge in [-0.3, -0.25) is 24.0 Å². The van der Waals surface area contributed by atoms with Crippen molar-refractivity contribution in [2.24, 2.45) is 5.41 Å². The Morgan fingerprint density at radius 1 is 1.11 bits per heavy atom. The zero-order valence-corrected chi connectivity index (χ0v) is 29.7. The molecule has 3 aromatic carbocycles. The van der Waals surface area contributed by atoms with E-state index in [1.165, 1.54) is 11.0 Å². The van der Waals surface area contributed by atoms with Gasteiger partial charge in [-0.15, -0.1) is 0 Å². The number of carbonyl (C=O) groups excluding carboxylic acids is 3. The van der Waals surface area contributed by atoms with Crippen LogP contribution in [0.4, 0.5) is 11.4 Å². The molecule has 1 fully saturated rings. The molecule has 9 nitrogen and oxygen atoms in total. The summed E-state index contributed by atoms with van der Waals surface area (Å²) in [5, 5.41) is 14.4. The fourth-order valence-corrected chi connectivity index (χ4v) is 7.46. The second kappa shape index (κ2) is 14.2. The molecule has 0 aromatic heterocycles. The molecule has 1 aliphatic heterocycles. The smallest absolute Gasteiger partial charge is 0.241 e. The second-order valence-corrected chi connectivity index (χ2v) is 14.9. The molecule has 0 spiro atoms. The number of Topliss-reactive ketones (excluding diaryl/α,β-unsaturated/α-hetero) is 1. The monoisotopic (exact) mass is 741 g/mol. The van der Waals surface area contributed by atoms with Gasteiger partial charge in [0.15, 0.2) is 5.78 Å². The zero-order chi connectivity index (χ0) is 34.0. The molecule has 3 N–H and O–H groups in total. The maximum absolute atomic E-state index is 14.2. The van der Waals surface area contributed by atoms with E-state index in [1.54, 1.807) is 36.4 Å². The van der Waals surface area contributed by atoms with Gasteiger partial charge in [-0.1, -0.05) is 63.6 Å². The molecule has 12 heteroatoms. The van der Waals surface area contributed by atoms with E-state index < -0.39 is 40.7 Å². The predicted octanol–water partition coefficient (Wildman–Crippen LogP) is 8.10. The summed E-state index contributed by atoms with van der Waals surface area (Å²) in [5.41, 5.74) is 1.42. The van der Waals surface area contributed by atoms with Gasteiger partial charge in [0, 0.05) is 22.7 Å². The Kier molecular flexibility index (Phi) is 10.5. The molecule has 2 unspecified atom stereocenters. The molecule has 6 rings (SSSR count).